The van der Waals surface area contributed by atoms with Crippen molar-refractivity contribution in [3.05, 3.63) is 0 Å². The van der Waals surface area contributed by atoms with Gasteiger partial charge in [-0.3, -0.25) is 4.79 Å². The Morgan fingerprint density at radius 1 is 1.67 bits per heavy atom. The van der Waals surface area contributed by atoms with Crippen molar-refractivity contribution in [1.29, 1.82) is 0 Å². The van der Waals surface area contributed by atoms with Crippen LogP contribution in [0.1, 0.15) is 19.8 Å². The number of amides is 1. The quantitative estimate of drug-likeness (QED) is 0.528. The third-order valence-electron chi connectivity index (χ3n) is 3.29. The average Bonchev–Trinajstić information content (AvgIpc) is 2.59. The van der Waals surface area contributed by atoms with E-state index in [2.05, 4.69) is 34.4 Å². The van der Waals surface area contributed by atoms with E-state index in [9.17, 15) is 4.79 Å². The molecule has 68 valence electrons. The molecule has 2 heterocycles. The molecule has 2 rings (SSSR count). The van der Waals surface area contributed by atoms with Gasteiger partial charge in [0, 0.05) is 22.9 Å². The van der Waals surface area contributed by atoms with Gasteiger partial charge >= 0.3 is 0 Å². The molecule has 12 heavy (non-hydrogen) atoms. The van der Waals surface area contributed by atoms with Gasteiger partial charge in [0.25, 0.3) is 0 Å². The Balaban J connectivity index is 2.21. The Bertz CT molecular complexity index is 207. The minimum absolute atomic E-state index is 0.284. The van der Waals surface area contributed by atoms with E-state index in [4.69, 9.17) is 0 Å². The summed E-state index contributed by atoms with van der Waals surface area (Å²) >= 11 is 2.41. The molecular formula is C9H14INO. The minimum atomic E-state index is 0.284. The molecule has 2 nitrogen and oxygen atoms in total. The third-order valence-corrected chi connectivity index (χ3v) is 4.30. The lowest BCUT2D eigenvalue weighted by Gasteiger charge is -2.18. The molecule has 0 N–H and O–H groups in total. The second-order valence-electron chi connectivity index (χ2n) is 3.85. The van der Waals surface area contributed by atoms with Crippen LogP contribution in [0, 0.1) is 11.8 Å². The van der Waals surface area contributed by atoms with E-state index in [1.165, 1.54) is 12.8 Å². The Hall–Kier alpha value is 0.200. The number of nitrogens with zero attached hydrogens (tertiary/aromatic N) is 1. The molecule has 0 unspecified atom stereocenters. The van der Waals surface area contributed by atoms with E-state index in [-0.39, 0.29) is 5.92 Å². The van der Waals surface area contributed by atoms with Crippen LogP contribution >= 0.6 is 22.6 Å². The van der Waals surface area contributed by atoms with Crippen LogP contribution in [0.4, 0.5) is 0 Å². The maximum atomic E-state index is 11.7. The van der Waals surface area contributed by atoms with Crippen molar-refractivity contribution in [3.8, 4) is 0 Å². The second-order valence-corrected chi connectivity index (χ2v) is 4.73. The molecule has 3 atom stereocenters. The van der Waals surface area contributed by atoms with Crippen molar-refractivity contribution in [2.75, 3.05) is 11.0 Å². The van der Waals surface area contributed by atoms with Gasteiger partial charge in [-0.1, -0.05) is 29.5 Å². The molecule has 0 radical (unpaired) electrons. The summed E-state index contributed by atoms with van der Waals surface area (Å²) in [5, 5.41) is 0. The molecule has 2 fully saturated rings. The van der Waals surface area contributed by atoms with Crippen molar-refractivity contribution >= 4 is 28.5 Å². The van der Waals surface area contributed by atoms with E-state index in [1.54, 1.807) is 0 Å². The maximum absolute atomic E-state index is 11.7. The normalized spacial score (nSPS) is 40.7. The fourth-order valence-corrected chi connectivity index (χ4v) is 3.88. The van der Waals surface area contributed by atoms with Gasteiger partial charge in [-0.25, -0.2) is 0 Å². The Kier molecular flexibility index (Phi) is 2.31. The summed E-state index contributed by atoms with van der Waals surface area (Å²) in [6, 6.07) is 0.587. The first-order chi connectivity index (χ1) is 5.75. The third kappa shape index (κ3) is 1.09. The van der Waals surface area contributed by atoms with Gasteiger partial charge in [-0.05, 0) is 18.8 Å². The molecule has 0 aromatic carbocycles. The zero-order chi connectivity index (χ0) is 8.72. The van der Waals surface area contributed by atoms with Crippen LogP contribution in [0.5, 0.6) is 0 Å². The fourth-order valence-electron chi connectivity index (χ4n) is 2.53. The van der Waals surface area contributed by atoms with Gasteiger partial charge in [-0.15, -0.1) is 0 Å². The van der Waals surface area contributed by atoms with E-state index >= 15 is 0 Å². The lowest BCUT2D eigenvalue weighted by atomic mass is 9.92. The molecular weight excluding hydrogens is 265 g/mol. The van der Waals surface area contributed by atoms with Gasteiger partial charge < -0.3 is 4.90 Å². The zero-order valence-electron chi connectivity index (χ0n) is 7.29. The van der Waals surface area contributed by atoms with Crippen molar-refractivity contribution in [1.82, 2.24) is 4.90 Å². The maximum Gasteiger partial charge on any atom is 0.226 e. The van der Waals surface area contributed by atoms with Gasteiger partial charge in [-0.2, -0.15) is 0 Å². The van der Waals surface area contributed by atoms with Crippen LogP contribution in [-0.2, 0) is 4.79 Å². The van der Waals surface area contributed by atoms with Gasteiger partial charge in [0.2, 0.25) is 5.91 Å². The summed E-state index contributed by atoms with van der Waals surface area (Å²) in [6.45, 7) is 3.10. The van der Waals surface area contributed by atoms with Crippen LogP contribution in [-0.4, -0.2) is 27.8 Å². The summed E-state index contributed by atoms with van der Waals surface area (Å²) in [6.07, 6.45) is 2.46. The highest BCUT2D eigenvalue weighted by molar-refractivity contribution is 14.1. The molecule has 2 aliphatic heterocycles. The predicted octanol–water partition coefficient (Wildman–Crippen LogP) is 1.68. The Morgan fingerprint density at radius 3 is 3.08 bits per heavy atom. The zero-order valence-corrected chi connectivity index (χ0v) is 9.45. The number of carbonyl (C=O) groups excluding carboxylic acids is 1. The van der Waals surface area contributed by atoms with Crippen molar-refractivity contribution < 1.29 is 4.79 Å². The molecule has 3 heteroatoms. The summed E-state index contributed by atoms with van der Waals surface area (Å²) in [7, 11) is 0. The van der Waals surface area contributed by atoms with Gasteiger partial charge in [0.1, 0.15) is 0 Å². The van der Waals surface area contributed by atoms with Crippen molar-refractivity contribution in [2.24, 2.45) is 11.8 Å². The number of hydrogen-bond acceptors (Lipinski definition) is 1. The smallest absolute Gasteiger partial charge is 0.226 e. The van der Waals surface area contributed by atoms with E-state index in [1.807, 2.05) is 0 Å². The van der Waals surface area contributed by atoms with E-state index < -0.39 is 0 Å². The van der Waals surface area contributed by atoms with E-state index in [0.29, 0.717) is 17.9 Å². The SMILES string of the molecule is C[C@H]1C(=O)N2CCC[C@H]2[C@@H]1CI. The molecule has 0 spiro atoms. The lowest BCUT2D eigenvalue weighted by molar-refractivity contribution is -0.130. The number of fused-ring (bicyclic) bond motifs is 1. The first kappa shape index (κ1) is 8.78. The van der Waals surface area contributed by atoms with Crippen molar-refractivity contribution in [2.45, 2.75) is 25.8 Å². The number of hydrogen-bond donors (Lipinski definition) is 0. The van der Waals surface area contributed by atoms with Gasteiger partial charge in [0.05, 0.1) is 0 Å². The molecule has 1 amide bonds. The monoisotopic (exact) mass is 279 g/mol. The van der Waals surface area contributed by atoms with Crippen LogP contribution < -0.4 is 0 Å². The number of carbonyl (C=O) groups is 1. The number of rotatable bonds is 1. The fraction of sp³-hybridized carbons (Fsp3) is 0.889. The highest BCUT2D eigenvalue weighted by Gasteiger charge is 2.46. The molecule has 0 saturated carbocycles. The second kappa shape index (κ2) is 3.16. The predicted molar refractivity (Wildman–Crippen MR) is 56.3 cm³/mol. The highest BCUT2D eigenvalue weighted by Crippen LogP contribution is 2.38. The Morgan fingerprint density at radius 2 is 2.42 bits per heavy atom. The topological polar surface area (TPSA) is 20.3 Å². The molecule has 0 bridgehead atoms. The molecule has 2 saturated heterocycles. The largest absolute Gasteiger partial charge is 0.339 e. The van der Waals surface area contributed by atoms with Crippen LogP contribution in [0.2, 0.25) is 0 Å². The summed E-state index contributed by atoms with van der Waals surface area (Å²) in [5.74, 6) is 1.31. The highest BCUT2D eigenvalue weighted by atomic mass is 127. The van der Waals surface area contributed by atoms with Crippen LogP contribution in [0.25, 0.3) is 0 Å². The first-order valence-corrected chi connectivity index (χ1v) is 6.14. The number of alkyl halides is 1. The summed E-state index contributed by atoms with van der Waals surface area (Å²) in [4.78, 5) is 13.8. The van der Waals surface area contributed by atoms with Crippen LogP contribution in [0.15, 0.2) is 0 Å². The number of halogens is 1. The average molecular weight is 279 g/mol. The molecule has 0 aromatic heterocycles. The summed E-state index contributed by atoms with van der Waals surface area (Å²) in [5.41, 5.74) is 0. The Labute approximate surface area is 86.8 Å². The summed E-state index contributed by atoms with van der Waals surface area (Å²) < 4.78 is 1.13. The standard InChI is InChI=1S/C9H14INO/c1-6-7(5-10)8-3-2-4-11(8)9(6)12/h6-8H,2-5H2,1H3/t6-,7-,8+/m1/s1. The molecule has 2 aliphatic rings. The minimum Gasteiger partial charge on any atom is -0.339 e. The van der Waals surface area contributed by atoms with Crippen molar-refractivity contribution in [3.63, 3.8) is 0 Å². The lowest BCUT2D eigenvalue weighted by Crippen LogP contribution is -2.29. The molecule has 0 aromatic rings. The van der Waals surface area contributed by atoms with Gasteiger partial charge in [0.15, 0.2) is 0 Å². The van der Waals surface area contributed by atoms with E-state index in [0.717, 1.165) is 11.0 Å². The van der Waals surface area contributed by atoms with Crippen LogP contribution in [0.3, 0.4) is 0 Å². The first-order valence-electron chi connectivity index (χ1n) is 4.62. The molecule has 0 aliphatic carbocycles.